The lowest BCUT2D eigenvalue weighted by atomic mass is 9.72. The zero-order valence-corrected chi connectivity index (χ0v) is 7.90. The Hall–Kier alpha value is -0.0400. The standard InChI is InChI=1S/C10H21N/c1-9(11)8-10(2)6-4-3-5-7-10/h9H,3-8,11H2,1-2H3/t9-/m0/s1. The van der Waals surface area contributed by atoms with Gasteiger partial charge in [-0.1, -0.05) is 26.2 Å². The summed E-state index contributed by atoms with van der Waals surface area (Å²) in [7, 11) is 0. The van der Waals surface area contributed by atoms with Gasteiger partial charge in [0, 0.05) is 6.04 Å². The van der Waals surface area contributed by atoms with Gasteiger partial charge >= 0.3 is 0 Å². The van der Waals surface area contributed by atoms with E-state index in [2.05, 4.69) is 13.8 Å². The third-order valence-electron chi connectivity index (χ3n) is 2.88. The summed E-state index contributed by atoms with van der Waals surface area (Å²) < 4.78 is 0. The average Bonchev–Trinajstić information content (AvgIpc) is 1.85. The largest absolute Gasteiger partial charge is 0.328 e. The van der Waals surface area contributed by atoms with Crippen molar-refractivity contribution in [1.29, 1.82) is 0 Å². The summed E-state index contributed by atoms with van der Waals surface area (Å²) in [5, 5.41) is 0. The molecule has 1 aliphatic carbocycles. The second-order valence-electron chi connectivity index (χ2n) is 4.55. The number of rotatable bonds is 2. The minimum Gasteiger partial charge on any atom is -0.328 e. The molecule has 0 aromatic carbocycles. The lowest BCUT2D eigenvalue weighted by molar-refractivity contribution is 0.188. The van der Waals surface area contributed by atoms with Crippen molar-refractivity contribution in [3.8, 4) is 0 Å². The Morgan fingerprint density at radius 1 is 1.27 bits per heavy atom. The van der Waals surface area contributed by atoms with Gasteiger partial charge in [-0.15, -0.1) is 0 Å². The van der Waals surface area contributed by atoms with Crippen molar-refractivity contribution in [1.82, 2.24) is 0 Å². The predicted molar refractivity (Wildman–Crippen MR) is 49.5 cm³/mol. The highest BCUT2D eigenvalue weighted by molar-refractivity contribution is 4.80. The predicted octanol–water partition coefficient (Wildman–Crippen LogP) is 2.69. The van der Waals surface area contributed by atoms with Crippen LogP contribution in [0.25, 0.3) is 0 Å². The fourth-order valence-electron chi connectivity index (χ4n) is 2.39. The second-order valence-corrected chi connectivity index (χ2v) is 4.55. The maximum Gasteiger partial charge on any atom is 0.00156 e. The monoisotopic (exact) mass is 155 g/mol. The van der Waals surface area contributed by atoms with Gasteiger partial charge in [-0.25, -0.2) is 0 Å². The zero-order chi connectivity index (χ0) is 8.32. The SMILES string of the molecule is C[C@H](N)CC1(C)CCCCC1. The summed E-state index contributed by atoms with van der Waals surface area (Å²) in [5.41, 5.74) is 6.38. The molecule has 0 saturated heterocycles. The number of hydrogen-bond acceptors (Lipinski definition) is 1. The van der Waals surface area contributed by atoms with E-state index in [1.54, 1.807) is 0 Å². The van der Waals surface area contributed by atoms with Gasteiger partial charge in [0.1, 0.15) is 0 Å². The lowest BCUT2D eigenvalue weighted by Gasteiger charge is -2.34. The first-order valence-corrected chi connectivity index (χ1v) is 4.88. The Kier molecular flexibility index (Phi) is 2.94. The molecule has 1 heteroatoms. The van der Waals surface area contributed by atoms with Gasteiger partial charge in [0.15, 0.2) is 0 Å². The molecular formula is C10H21N. The van der Waals surface area contributed by atoms with Crippen LogP contribution >= 0.6 is 0 Å². The van der Waals surface area contributed by atoms with Crippen LogP contribution in [0.2, 0.25) is 0 Å². The Bertz CT molecular complexity index is 112. The van der Waals surface area contributed by atoms with E-state index in [1.807, 2.05) is 0 Å². The van der Waals surface area contributed by atoms with Crippen molar-refractivity contribution in [3.05, 3.63) is 0 Å². The Balaban J connectivity index is 2.37. The third kappa shape index (κ3) is 2.82. The molecule has 1 rings (SSSR count). The van der Waals surface area contributed by atoms with E-state index in [-0.39, 0.29) is 0 Å². The van der Waals surface area contributed by atoms with Crippen LogP contribution < -0.4 is 5.73 Å². The Morgan fingerprint density at radius 3 is 2.27 bits per heavy atom. The van der Waals surface area contributed by atoms with Gasteiger partial charge in [0.2, 0.25) is 0 Å². The molecule has 0 aliphatic heterocycles. The highest BCUT2D eigenvalue weighted by Crippen LogP contribution is 2.39. The first kappa shape index (κ1) is 9.05. The van der Waals surface area contributed by atoms with E-state index < -0.39 is 0 Å². The summed E-state index contributed by atoms with van der Waals surface area (Å²) in [5.74, 6) is 0. The molecule has 11 heavy (non-hydrogen) atoms. The van der Waals surface area contributed by atoms with E-state index in [0.29, 0.717) is 11.5 Å². The molecule has 1 aliphatic rings. The zero-order valence-electron chi connectivity index (χ0n) is 7.90. The van der Waals surface area contributed by atoms with Crippen LogP contribution in [0.1, 0.15) is 52.4 Å². The van der Waals surface area contributed by atoms with Gasteiger partial charge in [-0.05, 0) is 31.6 Å². The molecule has 1 nitrogen and oxygen atoms in total. The lowest BCUT2D eigenvalue weighted by Crippen LogP contribution is -2.29. The smallest absolute Gasteiger partial charge is 0.00156 e. The Labute approximate surface area is 70.4 Å². The minimum absolute atomic E-state index is 0.387. The molecule has 1 fully saturated rings. The summed E-state index contributed by atoms with van der Waals surface area (Å²) in [6.45, 7) is 4.52. The highest BCUT2D eigenvalue weighted by atomic mass is 14.6. The molecule has 66 valence electrons. The minimum atomic E-state index is 0.387. The third-order valence-corrected chi connectivity index (χ3v) is 2.88. The summed E-state index contributed by atoms with van der Waals surface area (Å²) in [6, 6.07) is 0.387. The van der Waals surface area contributed by atoms with Gasteiger partial charge < -0.3 is 5.73 Å². The number of nitrogens with two attached hydrogens (primary N) is 1. The Morgan fingerprint density at radius 2 is 1.82 bits per heavy atom. The van der Waals surface area contributed by atoms with E-state index in [9.17, 15) is 0 Å². The van der Waals surface area contributed by atoms with E-state index in [4.69, 9.17) is 5.73 Å². The van der Waals surface area contributed by atoms with E-state index in [0.717, 1.165) is 0 Å². The molecule has 2 N–H and O–H groups in total. The topological polar surface area (TPSA) is 26.0 Å². The van der Waals surface area contributed by atoms with Gasteiger partial charge in [-0.2, -0.15) is 0 Å². The molecular weight excluding hydrogens is 134 g/mol. The molecule has 0 aromatic heterocycles. The summed E-state index contributed by atoms with van der Waals surface area (Å²) in [6.07, 6.45) is 8.29. The quantitative estimate of drug-likeness (QED) is 0.652. The number of hydrogen-bond donors (Lipinski definition) is 1. The molecule has 0 aromatic rings. The van der Waals surface area contributed by atoms with Crippen LogP contribution in [0.5, 0.6) is 0 Å². The normalized spacial score (nSPS) is 26.5. The molecule has 1 saturated carbocycles. The van der Waals surface area contributed by atoms with Crippen LogP contribution in [0, 0.1) is 5.41 Å². The van der Waals surface area contributed by atoms with Crippen LogP contribution in [0.15, 0.2) is 0 Å². The average molecular weight is 155 g/mol. The maximum atomic E-state index is 5.81. The van der Waals surface area contributed by atoms with E-state index >= 15 is 0 Å². The molecule has 0 heterocycles. The van der Waals surface area contributed by atoms with Crippen LogP contribution in [0.4, 0.5) is 0 Å². The molecule has 0 bridgehead atoms. The van der Waals surface area contributed by atoms with Crippen molar-refractivity contribution >= 4 is 0 Å². The first-order valence-electron chi connectivity index (χ1n) is 4.88. The van der Waals surface area contributed by atoms with Crippen LogP contribution in [0.3, 0.4) is 0 Å². The molecule has 1 atom stereocenters. The van der Waals surface area contributed by atoms with Crippen LogP contribution in [-0.4, -0.2) is 6.04 Å². The van der Waals surface area contributed by atoms with Crippen molar-refractivity contribution < 1.29 is 0 Å². The fraction of sp³-hybridized carbons (Fsp3) is 1.00. The molecule has 0 amide bonds. The summed E-state index contributed by atoms with van der Waals surface area (Å²) in [4.78, 5) is 0. The summed E-state index contributed by atoms with van der Waals surface area (Å²) >= 11 is 0. The molecule has 0 radical (unpaired) electrons. The van der Waals surface area contributed by atoms with Crippen molar-refractivity contribution in [3.63, 3.8) is 0 Å². The second kappa shape index (κ2) is 3.57. The molecule has 0 spiro atoms. The van der Waals surface area contributed by atoms with Crippen molar-refractivity contribution in [2.75, 3.05) is 0 Å². The maximum absolute atomic E-state index is 5.81. The first-order chi connectivity index (χ1) is 5.12. The van der Waals surface area contributed by atoms with Gasteiger partial charge in [-0.3, -0.25) is 0 Å². The molecule has 0 unspecified atom stereocenters. The van der Waals surface area contributed by atoms with Crippen molar-refractivity contribution in [2.24, 2.45) is 11.1 Å². The van der Waals surface area contributed by atoms with Crippen molar-refractivity contribution in [2.45, 2.75) is 58.4 Å². The van der Waals surface area contributed by atoms with Crippen LogP contribution in [-0.2, 0) is 0 Å². The van der Waals surface area contributed by atoms with Gasteiger partial charge in [0.25, 0.3) is 0 Å². The highest BCUT2D eigenvalue weighted by Gasteiger charge is 2.27. The van der Waals surface area contributed by atoms with E-state index in [1.165, 1.54) is 38.5 Å². The fourth-order valence-corrected chi connectivity index (χ4v) is 2.39. The van der Waals surface area contributed by atoms with Gasteiger partial charge in [0.05, 0.1) is 0 Å².